The second kappa shape index (κ2) is 9.53. The fraction of sp³-hybridized carbons (Fsp3) is 0.214. The third-order valence-corrected chi connectivity index (χ3v) is 3.41. The first-order valence-corrected chi connectivity index (χ1v) is 7.78. The number of ketones is 1. The fourth-order valence-electron chi connectivity index (χ4n) is 2.25. The number of carbonyl (C=O) groups is 2. The molecule has 0 saturated carbocycles. The highest BCUT2D eigenvalue weighted by Crippen LogP contribution is 2.04. The van der Waals surface area contributed by atoms with Crippen LogP contribution in [0.15, 0.2) is 29.4 Å². The molecule has 1 amide bonds. The minimum Gasteiger partial charge on any atom is -0.361 e. The zero-order valence-corrected chi connectivity index (χ0v) is 14.7. The first kappa shape index (κ1) is 21.7. The summed E-state index contributed by atoms with van der Waals surface area (Å²) >= 11 is 0. The predicted octanol–water partition coefficient (Wildman–Crippen LogP) is -1.34. The van der Waals surface area contributed by atoms with Crippen molar-refractivity contribution in [3.8, 4) is 0 Å². The van der Waals surface area contributed by atoms with Crippen LogP contribution in [0.2, 0.25) is 0 Å². The third-order valence-electron chi connectivity index (χ3n) is 3.41. The number of H-pyrrole nitrogens is 1. The van der Waals surface area contributed by atoms with Gasteiger partial charge in [0, 0.05) is 28.4 Å². The maximum absolute atomic E-state index is 11.2. The standard InChI is InChI=1S/C11H6N2O2.C3H5N3O9/c14-9-5-6-1-2-8-7(3-4-12-8)10(6)13-11(9)15;7-4(8)13-1-3(15-6(11)12)2-14-5(9)10/h1-5,12H;3H,1-2H2. The molecule has 3 rings (SSSR count). The van der Waals surface area contributed by atoms with Gasteiger partial charge in [-0.1, -0.05) is 6.07 Å². The number of hydrogen-bond donors (Lipinski definition) is 1. The molecule has 1 aliphatic rings. The Bertz CT molecular complexity index is 1110. The number of nitrogens with zero attached hydrogens (tertiary/aromatic N) is 4. The van der Waals surface area contributed by atoms with E-state index in [2.05, 4.69) is 24.5 Å². The van der Waals surface area contributed by atoms with Gasteiger partial charge in [0.05, 0.1) is 5.36 Å². The first-order chi connectivity index (χ1) is 14.2. The summed E-state index contributed by atoms with van der Waals surface area (Å²) in [4.78, 5) is 69.6. The van der Waals surface area contributed by atoms with Crippen molar-refractivity contribution in [2.24, 2.45) is 4.99 Å². The fourth-order valence-corrected chi connectivity index (χ4v) is 2.25. The lowest BCUT2D eigenvalue weighted by Gasteiger charge is -2.11. The van der Waals surface area contributed by atoms with Crippen molar-refractivity contribution in [1.29, 1.82) is 0 Å². The molecule has 1 aliphatic heterocycles. The van der Waals surface area contributed by atoms with Crippen LogP contribution in [0.1, 0.15) is 0 Å². The molecule has 2 aromatic rings. The average molecular weight is 425 g/mol. The number of nitrogens with one attached hydrogen (secondary N) is 1. The SMILES string of the molecule is O=C1C=c2ccc3[nH]ccc3c2=NC1=O.O=[N+]([O-])OCC(CO[N+](=O)[O-])O[N+](=O)[O-]. The van der Waals surface area contributed by atoms with Gasteiger partial charge in [-0.15, -0.1) is 30.3 Å². The highest BCUT2D eigenvalue weighted by atomic mass is 17.0. The highest BCUT2D eigenvalue weighted by Gasteiger charge is 2.17. The Kier molecular flexibility index (Phi) is 6.88. The van der Waals surface area contributed by atoms with Gasteiger partial charge in [-0.05, 0) is 12.1 Å². The topological polar surface area (TPSA) is 219 Å². The number of benzene rings is 1. The van der Waals surface area contributed by atoms with Gasteiger partial charge in [0.1, 0.15) is 13.2 Å². The molecule has 16 nitrogen and oxygen atoms in total. The summed E-state index contributed by atoms with van der Waals surface area (Å²) in [5, 5.41) is 27.7. The van der Waals surface area contributed by atoms with Gasteiger partial charge in [0.15, 0.2) is 6.10 Å². The van der Waals surface area contributed by atoms with Gasteiger partial charge in [-0.25, -0.2) is 4.99 Å². The molecule has 1 aromatic carbocycles. The number of aromatic nitrogens is 1. The number of hydrogen-bond acceptors (Lipinski definition) is 11. The second-order valence-electron chi connectivity index (χ2n) is 5.36. The molecule has 158 valence electrons. The second-order valence-corrected chi connectivity index (χ2v) is 5.36. The molecule has 0 fully saturated rings. The summed E-state index contributed by atoms with van der Waals surface area (Å²) in [6, 6.07) is 5.49. The molecule has 16 heteroatoms. The monoisotopic (exact) mass is 425 g/mol. The molecule has 0 saturated heterocycles. The van der Waals surface area contributed by atoms with Gasteiger partial charge >= 0.3 is 5.91 Å². The van der Waals surface area contributed by atoms with E-state index in [0.29, 0.717) is 10.6 Å². The van der Waals surface area contributed by atoms with E-state index < -0.39 is 46.3 Å². The largest absolute Gasteiger partial charge is 0.361 e. The summed E-state index contributed by atoms with van der Waals surface area (Å²) in [5.74, 6) is -1.26. The Morgan fingerprint density at radius 2 is 1.60 bits per heavy atom. The van der Waals surface area contributed by atoms with E-state index in [9.17, 15) is 39.9 Å². The van der Waals surface area contributed by atoms with Crippen LogP contribution in [0.25, 0.3) is 17.0 Å². The van der Waals surface area contributed by atoms with Crippen LogP contribution in [0, 0.1) is 30.3 Å². The van der Waals surface area contributed by atoms with E-state index >= 15 is 0 Å². The molecule has 0 bridgehead atoms. The van der Waals surface area contributed by atoms with E-state index in [0.717, 1.165) is 10.9 Å². The zero-order valence-electron chi connectivity index (χ0n) is 14.7. The van der Waals surface area contributed by atoms with E-state index in [1.165, 1.54) is 6.08 Å². The minimum absolute atomic E-state index is 0.558. The van der Waals surface area contributed by atoms with Gasteiger partial charge in [-0.3, -0.25) is 9.59 Å². The van der Waals surface area contributed by atoms with Gasteiger partial charge in [0.25, 0.3) is 15.3 Å². The lowest BCUT2D eigenvalue weighted by Crippen LogP contribution is -2.34. The quantitative estimate of drug-likeness (QED) is 0.296. The zero-order chi connectivity index (χ0) is 22.3. The van der Waals surface area contributed by atoms with E-state index in [1.807, 2.05) is 12.1 Å². The van der Waals surface area contributed by atoms with Crippen molar-refractivity contribution in [1.82, 2.24) is 4.98 Å². The van der Waals surface area contributed by atoms with Crippen LogP contribution in [0.4, 0.5) is 0 Å². The molecular weight excluding hydrogens is 414 g/mol. The minimum atomic E-state index is -1.55. The maximum atomic E-state index is 11.2. The lowest BCUT2D eigenvalue weighted by molar-refractivity contribution is -0.803. The van der Waals surface area contributed by atoms with Crippen LogP contribution < -0.4 is 10.6 Å². The summed E-state index contributed by atoms with van der Waals surface area (Å²) in [6.45, 7) is -1.69. The van der Waals surface area contributed by atoms with Crippen molar-refractivity contribution in [2.45, 2.75) is 6.10 Å². The molecule has 2 heterocycles. The molecular formula is C14H11N5O11. The maximum Gasteiger partial charge on any atom is 0.318 e. The van der Waals surface area contributed by atoms with Crippen molar-refractivity contribution < 1.29 is 39.4 Å². The van der Waals surface area contributed by atoms with Crippen LogP contribution in [-0.4, -0.2) is 51.3 Å². The molecule has 0 unspecified atom stereocenters. The number of Topliss-reactive ketones (excluding diaryl/α,β-unsaturated/α-hetero) is 1. The average Bonchev–Trinajstić information content (AvgIpc) is 3.14. The van der Waals surface area contributed by atoms with Crippen molar-refractivity contribution in [3.63, 3.8) is 0 Å². The Balaban J connectivity index is 0.000000214. The summed E-state index contributed by atoms with van der Waals surface area (Å²) in [5.41, 5.74) is 0.910. The Labute approximate surface area is 163 Å². The van der Waals surface area contributed by atoms with Crippen molar-refractivity contribution >= 4 is 28.7 Å². The molecule has 0 aliphatic carbocycles. The lowest BCUT2D eigenvalue weighted by atomic mass is 10.1. The van der Waals surface area contributed by atoms with E-state index in [-0.39, 0.29) is 0 Å². The highest BCUT2D eigenvalue weighted by molar-refractivity contribution is 6.48. The Morgan fingerprint density at radius 1 is 0.967 bits per heavy atom. The summed E-state index contributed by atoms with van der Waals surface area (Å²) in [6.07, 6.45) is 1.56. The van der Waals surface area contributed by atoms with Gasteiger partial charge in [0.2, 0.25) is 5.78 Å². The number of aromatic amines is 1. The van der Waals surface area contributed by atoms with E-state index in [1.54, 1.807) is 12.3 Å². The van der Waals surface area contributed by atoms with Crippen molar-refractivity contribution in [2.75, 3.05) is 13.2 Å². The molecule has 1 N–H and O–H groups in total. The summed E-state index contributed by atoms with van der Waals surface area (Å²) < 4.78 is 0. The molecule has 0 radical (unpaired) electrons. The number of fused-ring (bicyclic) bond motifs is 3. The van der Waals surface area contributed by atoms with Gasteiger partial charge in [-0.2, -0.15) is 0 Å². The van der Waals surface area contributed by atoms with Crippen LogP contribution in [0.5, 0.6) is 0 Å². The Hall–Kier alpha value is -4.63. The normalized spacial score (nSPS) is 12.0. The molecule has 0 atom stereocenters. The third kappa shape index (κ3) is 5.94. The van der Waals surface area contributed by atoms with Crippen LogP contribution >= 0.6 is 0 Å². The smallest absolute Gasteiger partial charge is 0.318 e. The Morgan fingerprint density at radius 3 is 2.17 bits per heavy atom. The van der Waals surface area contributed by atoms with E-state index in [4.69, 9.17) is 0 Å². The first-order valence-electron chi connectivity index (χ1n) is 7.78. The van der Waals surface area contributed by atoms with Crippen LogP contribution in [-0.2, 0) is 24.1 Å². The number of carbonyl (C=O) groups excluding carboxylic acids is 2. The predicted molar refractivity (Wildman–Crippen MR) is 91.3 cm³/mol. The number of rotatable bonds is 8. The van der Waals surface area contributed by atoms with Gasteiger partial charge < -0.3 is 19.5 Å². The molecule has 30 heavy (non-hydrogen) atoms. The summed E-state index contributed by atoms with van der Waals surface area (Å²) in [7, 11) is 0. The molecule has 1 aromatic heterocycles. The van der Waals surface area contributed by atoms with Crippen molar-refractivity contribution in [3.05, 3.63) is 65.3 Å². The van der Waals surface area contributed by atoms with Crippen LogP contribution in [0.3, 0.4) is 0 Å². The molecule has 0 spiro atoms. The number of amides is 1.